The van der Waals surface area contributed by atoms with Crippen LogP contribution in [0, 0.1) is 0 Å². The van der Waals surface area contributed by atoms with Crippen molar-refractivity contribution in [2.24, 2.45) is 0 Å². The van der Waals surface area contributed by atoms with Gasteiger partial charge in [-0.3, -0.25) is 0 Å². The largest absolute Gasteiger partial charge is 0.208 e. The normalized spacial score (nSPS) is 14.6. The minimum absolute atomic E-state index is 0.0998. The molecule has 42 heavy (non-hydrogen) atoms. The molecule has 204 valence electrons. The molecule has 5 aromatic carbocycles. The molecule has 0 N–H and O–H groups in total. The Morgan fingerprint density at radius 2 is 0.857 bits per heavy atom. The molecule has 0 radical (unpaired) electrons. The van der Waals surface area contributed by atoms with Gasteiger partial charge in [0.25, 0.3) is 0 Å². The average molecular weight is 544 g/mol. The zero-order valence-electron chi connectivity index (χ0n) is 24.5. The lowest BCUT2D eigenvalue weighted by molar-refractivity contribution is 0.300. The van der Waals surface area contributed by atoms with Crippen LogP contribution >= 0.6 is 0 Å². The van der Waals surface area contributed by atoms with Crippen molar-refractivity contribution >= 4 is 0 Å². The Morgan fingerprint density at radius 3 is 1.40 bits per heavy atom. The first kappa shape index (κ1) is 26.0. The van der Waals surface area contributed by atoms with Crippen LogP contribution in [0.5, 0.6) is 0 Å². The smallest absolute Gasteiger partial charge is 0.164 e. The predicted molar refractivity (Wildman–Crippen MR) is 173 cm³/mol. The zero-order valence-corrected chi connectivity index (χ0v) is 24.5. The van der Waals surface area contributed by atoms with Gasteiger partial charge in [-0.05, 0) is 44.9 Å². The Balaban J connectivity index is 1.46. The average Bonchev–Trinajstić information content (AvgIpc) is 3.04. The number of aromatic nitrogens is 3. The molecule has 0 aliphatic heterocycles. The van der Waals surface area contributed by atoms with E-state index in [2.05, 4.69) is 94.4 Å². The first-order valence-corrected chi connectivity index (χ1v) is 14.6. The molecule has 0 saturated carbocycles. The monoisotopic (exact) mass is 543 g/mol. The summed E-state index contributed by atoms with van der Waals surface area (Å²) in [5, 5.41) is 0. The maximum absolute atomic E-state index is 5.01. The summed E-state index contributed by atoms with van der Waals surface area (Å²) in [7, 11) is 0. The first-order chi connectivity index (χ1) is 20.3. The van der Waals surface area contributed by atoms with Gasteiger partial charge in [0.15, 0.2) is 17.5 Å². The number of fused-ring (bicyclic) bond motifs is 3. The molecule has 1 aliphatic carbocycles. The van der Waals surface area contributed by atoms with E-state index in [1.165, 1.54) is 33.4 Å². The summed E-state index contributed by atoms with van der Waals surface area (Å²) in [5.74, 6) is 2.02. The van der Waals surface area contributed by atoms with E-state index in [4.69, 9.17) is 15.0 Å². The molecule has 0 saturated heterocycles. The maximum atomic E-state index is 5.01. The van der Waals surface area contributed by atoms with Gasteiger partial charge in [0.2, 0.25) is 0 Å². The van der Waals surface area contributed by atoms with Gasteiger partial charge in [0, 0.05) is 22.1 Å². The van der Waals surface area contributed by atoms with E-state index < -0.39 is 0 Å². The summed E-state index contributed by atoms with van der Waals surface area (Å²) in [6, 6.07) is 44.5. The van der Waals surface area contributed by atoms with E-state index in [-0.39, 0.29) is 10.8 Å². The number of rotatable bonds is 4. The molecule has 6 aromatic rings. The number of hydrogen-bond donors (Lipinski definition) is 0. The Labute approximate surface area is 248 Å². The summed E-state index contributed by atoms with van der Waals surface area (Å²) in [6.07, 6.45) is 0. The van der Waals surface area contributed by atoms with Crippen LogP contribution in [0.1, 0.15) is 38.8 Å². The Hall–Kier alpha value is -4.89. The molecule has 0 amide bonds. The summed E-state index contributed by atoms with van der Waals surface area (Å²) in [4.78, 5) is 14.9. The molecule has 3 nitrogen and oxygen atoms in total. The number of hydrogen-bond acceptors (Lipinski definition) is 3. The Bertz CT molecular complexity index is 1850. The van der Waals surface area contributed by atoms with Crippen molar-refractivity contribution in [3.8, 4) is 56.4 Å². The third kappa shape index (κ3) is 4.16. The fraction of sp³-hybridized carbons (Fsp3) is 0.154. The molecule has 0 fully saturated rings. The van der Waals surface area contributed by atoms with E-state index in [9.17, 15) is 0 Å². The lowest BCUT2D eigenvalue weighted by atomic mass is 9.54. The third-order valence-corrected chi connectivity index (χ3v) is 9.28. The van der Waals surface area contributed by atoms with E-state index >= 15 is 0 Å². The van der Waals surface area contributed by atoms with Crippen molar-refractivity contribution in [1.29, 1.82) is 0 Å². The van der Waals surface area contributed by atoms with Gasteiger partial charge >= 0.3 is 0 Å². The molecule has 0 unspecified atom stereocenters. The molecule has 3 heteroatoms. The van der Waals surface area contributed by atoms with Crippen molar-refractivity contribution in [2.75, 3.05) is 0 Å². The highest BCUT2D eigenvalue weighted by atomic mass is 15.0. The molecule has 0 spiro atoms. The molecular weight excluding hydrogens is 510 g/mol. The first-order valence-electron chi connectivity index (χ1n) is 14.6. The van der Waals surface area contributed by atoms with Crippen LogP contribution in [0.15, 0.2) is 127 Å². The summed E-state index contributed by atoms with van der Waals surface area (Å²) < 4.78 is 0. The number of benzene rings is 5. The van der Waals surface area contributed by atoms with E-state index in [1.807, 2.05) is 60.7 Å². The van der Waals surface area contributed by atoms with Crippen LogP contribution in [0.2, 0.25) is 0 Å². The topological polar surface area (TPSA) is 38.7 Å². The molecule has 0 bridgehead atoms. The quantitative estimate of drug-likeness (QED) is 0.222. The van der Waals surface area contributed by atoms with E-state index in [0.29, 0.717) is 17.5 Å². The van der Waals surface area contributed by atoms with Gasteiger partial charge in [0.05, 0.1) is 0 Å². The van der Waals surface area contributed by atoms with Gasteiger partial charge in [-0.1, -0.05) is 149 Å². The standard InChI is InChI=1S/C39H33N3/c1-38(2)33-24-23-29(25-32(33)31-22-14-21-30(34(31)39(38,3)4)26-15-8-5-9-16-26)37-41-35(27-17-10-6-11-18-27)40-36(42-37)28-19-12-7-13-20-28/h5-25H,1-4H3. The van der Waals surface area contributed by atoms with Crippen LogP contribution in [0.4, 0.5) is 0 Å². The predicted octanol–water partition coefficient (Wildman–Crippen LogP) is 9.78. The minimum Gasteiger partial charge on any atom is -0.208 e. The summed E-state index contributed by atoms with van der Waals surface area (Å²) in [5.41, 5.74) is 10.5. The van der Waals surface area contributed by atoms with Crippen LogP contribution in [0.3, 0.4) is 0 Å². The molecule has 1 aromatic heterocycles. The second kappa shape index (κ2) is 9.88. The van der Waals surface area contributed by atoms with E-state index in [0.717, 1.165) is 16.7 Å². The van der Waals surface area contributed by atoms with Crippen molar-refractivity contribution in [1.82, 2.24) is 15.0 Å². The second-order valence-electron chi connectivity index (χ2n) is 12.1. The highest BCUT2D eigenvalue weighted by molar-refractivity contribution is 5.87. The van der Waals surface area contributed by atoms with Crippen molar-refractivity contribution < 1.29 is 0 Å². The van der Waals surface area contributed by atoms with Gasteiger partial charge in [0.1, 0.15) is 0 Å². The molecule has 7 rings (SSSR count). The fourth-order valence-corrected chi connectivity index (χ4v) is 6.35. The molecular formula is C39H33N3. The van der Waals surface area contributed by atoms with Crippen molar-refractivity contribution in [3.63, 3.8) is 0 Å². The molecule has 1 heterocycles. The number of nitrogens with zero attached hydrogens (tertiary/aromatic N) is 3. The molecule has 1 aliphatic rings. The zero-order chi connectivity index (χ0) is 28.9. The Morgan fingerprint density at radius 1 is 0.381 bits per heavy atom. The SMILES string of the molecule is CC1(C)c2ccc(-c3nc(-c4ccccc4)nc(-c4ccccc4)n3)cc2-c2cccc(-c3ccccc3)c2C1(C)C. The summed E-state index contributed by atoms with van der Waals surface area (Å²) in [6.45, 7) is 9.53. The van der Waals surface area contributed by atoms with Crippen LogP contribution < -0.4 is 0 Å². The molecule has 0 atom stereocenters. The highest BCUT2D eigenvalue weighted by Gasteiger charge is 2.47. The van der Waals surface area contributed by atoms with Gasteiger partial charge < -0.3 is 0 Å². The third-order valence-electron chi connectivity index (χ3n) is 9.28. The van der Waals surface area contributed by atoms with Crippen molar-refractivity contribution in [2.45, 2.75) is 38.5 Å². The second-order valence-corrected chi connectivity index (χ2v) is 12.1. The highest BCUT2D eigenvalue weighted by Crippen LogP contribution is 2.56. The summed E-state index contributed by atoms with van der Waals surface area (Å²) >= 11 is 0. The Kier molecular flexibility index (Phi) is 6.13. The lowest BCUT2D eigenvalue weighted by Crippen LogP contribution is -2.44. The van der Waals surface area contributed by atoms with Crippen molar-refractivity contribution in [3.05, 3.63) is 139 Å². The van der Waals surface area contributed by atoms with Crippen LogP contribution in [-0.2, 0) is 10.8 Å². The van der Waals surface area contributed by atoms with Crippen LogP contribution in [-0.4, -0.2) is 15.0 Å². The van der Waals surface area contributed by atoms with Gasteiger partial charge in [-0.25, -0.2) is 15.0 Å². The van der Waals surface area contributed by atoms with Crippen LogP contribution in [0.25, 0.3) is 56.4 Å². The van der Waals surface area contributed by atoms with Gasteiger partial charge in [-0.15, -0.1) is 0 Å². The fourth-order valence-electron chi connectivity index (χ4n) is 6.35. The maximum Gasteiger partial charge on any atom is 0.164 e. The van der Waals surface area contributed by atoms with E-state index in [1.54, 1.807) is 0 Å². The lowest BCUT2D eigenvalue weighted by Gasteiger charge is -2.49. The van der Waals surface area contributed by atoms with Gasteiger partial charge in [-0.2, -0.15) is 0 Å². The minimum atomic E-state index is -0.109.